The molecular formula is C16H27NS. The van der Waals surface area contributed by atoms with Gasteiger partial charge in [-0.15, -0.1) is 11.8 Å². The highest BCUT2D eigenvalue weighted by atomic mass is 32.2. The van der Waals surface area contributed by atoms with E-state index in [1.54, 1.807) is 11.8 Å². The summed E-state index contributed by atoms with van der Waals surface area (Å²) in [5.41, 5.74) is 1.39. The molecule has 0 amide bonds. The van der Waals surface area contributed by atoms with Gasteiger partial charge in [0.1, 0.15) is 0 Å². The molecule has 0 aliphatic heterocycles. The van der Waals surface area contributed by atoms with Gasteiger partial charge in [0, 0.05) is 10.9 Å². The molecule has 1 N–H and O–H groups in total. The minimum Gasteiger partial charge on any atom is -0.310 e. The van der Waals surface area contributed by atoms with Crippen molar-refractivity contribution in [3.63, 3.8) is 0 Å². The topological polar surface area (TPSA) is 12.0 Å². The number of hydrogen-bond donors (Lipinski definition) is 1. The number of unbranched alkanes of at least 4 members (excludes halogenated alkanes) is 4. The minimum absolute atomic E-state index is 0.465. The third-order valence-corrected chi connectivity index (χ3v) is 4.09. The molecule has 0 spiro atoms. The summed E-state index contributed by atoms with van der Waals surface area (Å²) in [7, 11) is 0. The van der Waals surface area contributed by atoms with E-state index in [0.29, 0.717) is 6.04 Å². The fourth-order valence-corrected chi connectivity index (χ4v) is 2.47. The van der Waals surface area contributed by atoms with Gasteiger partial charge in [-0.2, -0.15) is 0 Å². The van der Waals surface area contributed by atoms with Gasteiger partial charge in [-0.3, -0.25) is 0 Å². The lowest BCUT2D eigenvalue weighted by Crippen LogP contribution is -2.19. The first-order chi connectivity index (χ1) is 8.77. The highest BCUT2D eigenvalue weighted by molar-refractivity contribution is 7.98. The van der Waals surface area contributed by atoms with Crippen molar-refractivity contribution in [3.05, 3.63) is 29.8 Å². The van der Waals surface area contributed by atoms with Crippen LogP contribution < -0.4 is 5.32 Å². The molecule has 102 valence electrons. The summed E-state index contributed by atoms with van der Waals surface area (Å²) in [5.74, 6) is 0. The molecule has 0 bridgehead atoms. The molecule has 0 saturated carbocycles. The van der Waals surface area contributed by atoms with Crippen LogP contribution in [0.1, 0.15) is 57.6 Å². The zero-order valence-electron chi connectivity index (χ0n) is 12.0. The van der Waals surface area contributed by atoms with Gasteiger partial charge >= 0.3 is 0 Å². The average molecular weight is 265 g/mol. The molecule has 0 aliphatic carbocycles. The van der Waals surface area contributed by atoms with Crippen molar-refractivity contribution < 1.29 is 0 Å². The maximum atomic E-state index is 3.61. The molecule has 1 nitrogen and oxygen atoms in total. The SMILES string of the molecule is CCCCCCCNC(C)c1ccc(SC)cc1. The van der Waals surface area contributed by atoms with Crippen molar-refractivity contribution in [2.24, 2.45) is 0 Å². The van der Waals surface area contributed by atoms with Gasteiger partial charge in [0.25, 0.3) is 0 Å². The van der Waals surface area contributed by atoms with Crippen LogP contribution in [-0.4, -0.2) is 12.8 Å². The van der Waals surface area contributed by atoms with E-state index in [9.17, 15) is 0 Å². The first-order valence-corrected chi connectivity index (χ1v) is 8.37. The molecule has 1 unspecified atom stereocenters. The standard InChI is InChI=1S/C16H27NS/c1-4-5-6-7-8-13-17-14(2)15-9-11-16(18-3)12-10-15/h9-12,14,17H,4-8,13H2,1-3H3. The molecule has 1 aromatic carbocycles. The van der Waals surface area contributed by atoms with E-state index in [2.05, 4.69) is 49.7 Å². The number of rotatable bonds is 9. The first kappa shape index (κ1) is 15.6. The van der Waals surface area contributed by atoms with Gasteiger partial charge in [0.2, 0.25) is 0 Å². The van der Waals surface area contributed by atoms with E-state index in [1.807, 2.05) is 0 Å². The van der Waals surface area contributed by atoms with E-state index in [-0.39, 0.29) is 0 Å². The maximum Gasteiger partial charge on any atom is 0.0291 e. The van der Waals surface area contributed by atoms with Crippen LogP contribution in [-0.2, 0) is 0 Å². The minimum atomic E-state index is 0.465. The Hall–Kier alpha value is -0.470. The lowest BCUT2D eigenvalue weighted by atomic mass is 10.1. The largest absolute Gasteiger partial charge is 0.310 e. The van der Waals surface area contributed by atoms with Crippen molar-refractivity contribution in [1.29, 1.82) is 0 Å². The Balaban J connectivity index is 2.21. The van der Waals surface area contributed by atoms with E-state index in [1.165, 1.54) is 42.6 Å². The highest BCUT2D eigenvalue weighted by Crippen LogP contribution is 2.18. The molecule has 2 heteroatoms. The van der Waals surface area contributed by atoms with Gasteiger partial charge < -0.3 is 5.32 Å². The van der Waals surface area contributed by atoms with Crippen molar-refractivity contribution >= 4 is 11.8 Å². The lowest BCUT2D eigenvalue weighted by molar-refractivity contribution is 0.531. The van der Waals surface area contributed by atoms with Crippen LogP contribution in [0.25, 0.3) is 0 Å². The molecule has 0 saturated heterocycles. The van der Waals surface area contributed by atoms with Crippen molar-refractivity contribution in [2.45, 2.75) is 56.9 Å². The van der Waals surface area contributed by atoms with Gasteiger partial charge in [-0.1, -0.05) is 44.7 Å². The molecule has 0 radical (unpaired) electrons. The summed E-state index contributed by atoms with van der Waals surface area (Å²) in [6.07, 6.45) is 8.87. The smallest absolute Gasteiger partial charge is 0.0291 e. The Labute approximate surface area is 117 Å². The molecule has 1 atom stereocenters. The first-order valence-electron chi connectivity index (χ1n) is 7.15. The summed E-state index contributed by atoms with van der Waals surface area (Å²) in [5, 5.41) is 3.61. The highest BCUT2D eigenvalue weighted by Gasteiger charge is 2.03. The Morgan fingerprint density at radius 3 is 2.33 bits per heavy atom. The molecular weight excluding hydrogens is 238 g/mol. The Morgan fingerprint density at radius 2 is 1.72 bits per heavy atom. The van der Waals surface area contributed by atoms with Crippen LogP contribution in [0.5, 0.6) is 0 Å². The molecule has 0 fully saturated rings. The number of hydrogen-bond acceptors (Lipinski definition) is 2. The average Bonchev–Trinajstić information content (AvgIpc) is 2.42. The van der Waals surface area contributed by atoms with Crippen LogP contribution in [0.3, 0.4) is 0 Å². The zero-order valence-corrected chi connectivity index (χ0v) is 12.9. The zero-order chi connectivity index (χ0) is 13.2. The van der Waals surface area contributed by atoms with Crippen molar-refractivity contribution in [1.82, 2.24) is 5.32 Å². The third kappa shape index (κ3) is 5.92. The summed E-state index contributed by atoms with van der Waals surface area (Å²) in [6.45, 7) is 5.65. The Bertz CT molecular complexity index is 307. The second-order valence-electron chi connectivity index (χ2n) is 4.86. The van der Waals surface area contributed by atoms with Gasteiger partial charge in [-0.05, 0) is 43.8 Å². The van der Waals surface area contributed by atoms with E-state index in [0.717, 1.165) is 6.54 Å². The molecule has 1 rings (SSSR count). The van der Waals surface area contributed by atoms with Crippen LogP contribution >= 0.6 is 11.8 Å². The number of nitrogens with one attached hydrogen (secondary N) is 1. The second-order valence-corrected chi connectivity index (χ2v) is 5.74. The van der Waals surface area contributed by atoms with Gasteiger partial charge in [0.15, 0.2) is 0 Å². The predicted octanol–water partition coefficient (Wildman–Crippen LogP) is 5.03. The van der Waals surface area contributed by atoms with Crippen LogP contribution in [0, 0.1) is 0 Å². The lowest BCUT2D eigenvalue weighted by Gasteiger charge is -2.14. The monoisotopic (exact) mass is 265 g/mol. The summed E-state index contributed by atoms with van der Waals surface area (Å²) >= 11 is 1.80. The van der Waals surface area contributed by atoms with Crippen LogP contribution in [0.4, 0.5) is 0 Å². The molecule has 0 aliphatic rings. The summed E-state index contributed by atoms with van der Waals surface area (Å²) < 4.78 is 0. The van der Waals surface area contributed by atoms with E-state index >= 15 is 0 Å². The van der Waals surface area contributed by atoms with Gasteiger partial charge in [0.05, 0.1) is 0 Å². The molecule has 0 heterocycles. The van der Waals surface area contributed by atoms with Crippen LogP contribution in [0.15, 0.2) is 29.2 Å². The third-order valence-electron chi connectivity index (χ3n) is 3.35. The molecule has 1 aromatic rings. The predicted molar refractivity (Wildman–Crippen MR) is 83.4 cm³/mol. The van der Waals surface area contributed by atoms with Gasteiger partial charge in [-0.25, -0.2) is 0 Å². The molecule has 18 heavy (non-hydrogen) atoms. The summed E-state index contributed by atoms with van der Waals surface area (Å²) in [6, 6.07) is 9.35. The van der Waals surface area contributed by atoms with E-state index in [4.69, 9.17) is 0 Å². The number of benzene rings is 1. The maximum absolute atomic E-state index is 3.61. The Kier molecular flexibility index (Phi) is 8.19. The summed E-state index contributed by atoms with van der Waals surface area (Å²) in [4.78, 5) is 1.34. The van der Waals surface area contributed by atoms with Crippen LogP contribution in [0.2, 0.25) is 0 Å². The fraction of sp³-hybridized carbons (Fsp3) is 0.625. The normalized spacial score (nSPS) is 12.6. The quantitative estimate of drug-likeness (QED) is 0.496. The Morgan fingerprint density at radius 1 is 1.06 bits per heavy atom. The van der Waals surface area contributed by atoms with Crippen molar-refractivity contribution in [2.75, 3.05) is 12.8 Å². The van der Waals surface area contributed by atoms with E-state index < -0.39 is 0 Å². The molecule has 0 aromatic heterocycles. The number of thioether (sulfide) groups is 1. The fourth-order valence-electron chi connectivity index (χ4n) is 2.06. The second kappa shape index (κ2) is 9.46. The van der Waals surface area contributed by atoms with Crippen molar-refractivity contribution in [3.8, 4) is 0 Å².